The van der Waals surface area contributed by atoms with E-state index in [0.717, 1.165) is 25.9 Å². The lowest BCUT2D eigenvalue weighted by Crippen LogP contribution is -2.48. The fourth-order valence-corrected chi connectivity index (χ4v) is 3.43. The number of aliphatic hydroxyl groups is 1. The van der Waals surface area contributed by atoms with Crippen molar-refractivity contribution in [2.24, 2.45) is 5.73 Å². The van der Waals surface area contributed by atoms with Gasteiger partial charge in [-0.25, -0.2) is 9.97 Å². The van der Waals surface area contributed by atoms with E-state index in [1.807, 2.05) is 13.8 Å². The number of phenols is 1. The first kappa shape index (κ1) is 19.2. The van der Waals surface area contributed by atoms with Crippen LogP contribution in [0.25, 0.3) is 11.3 Å². The van der Waals surface area contributed by atoms with Gasteiger partial charge < -0.3 is 20.8 Å². The molecule has 140 valence electrons. The highest BCUT2D eigenvalue weighted by Gasteiger charge is 2.28. The van der Waals surface area contributed by atoms with Crippen LogP contribution in [-0.4, -0.2) is 38.8 Å². The lowest BCUT2D eigenvalue weighted by atomic mass is 9.91. The van der Waals surface area contributed by atoms with Gasteiger partial charge in [0.25, 0.3) is 0 Å². The molecule has 1 aromatic heterocycles. The maximum Gasteiger partial charge on any atom is 0.153 e. The van der Waals surface area contributed by atoms with Gasteiger partial charge >= 0.3 is 0 Å². The monoisotopic (exact) mass is 396 g/mol. The summed E-state index contributed by atoms with van der Waals surface area (Å²) in [7, 11) is 0. The summed E-state index contributed by atoms with van der Waals surface area (Å²) in [6.45, 7) is 5.11. The van der Waals surface area contributed by atoms with Gasteiger partial charge in [0, 0.05) is 24.2 Å². The topological polar surface area (TPSA) is 95.5 Å². The van der Waals surface area contributed by atoms with Crippen molar-refractivity contribution in [3.8, 4) is 17.0 Å². The molecular formula is C18H22Cl2N4O2. The summed E-state index contributed by atoms with van der Waals surface area (Å²) in [6, 6.07) is 3.24. The van der Waals surface area contributed by atoms with Gasteiger partial charge in [0.15, 0.2) is 5.82 Å². The van der Waals surface area contributed by atoms with Gasteiger partial charge in [0.2, 0.25) is 0 Å². The van der Waals surface area contributed by atoms with Crippen molar-refractivity contribution in [2.45, 2.75) is 38.8 Å². The van der Waals surface area contributed by atoms with Gasteiger partial charge in [0.05, 0.1) is 23.0 Å². The zero-order chi connectivity index (χ0) is 19.1. The third kappa shape index (κ3) is 3.60. The van der Waals surface area contributed by atoms with E-state index in [4.69, 9.17) is 28.9 Å². The molecule has 1 aliphatic heterocycles. The maximum atomic E-state index is 10.3. The van der Waals surface area contributed by atoms with Gasteiger partial charge in [0.1, 0.15) is 16.5 Å². The number of nitrogens with zero attached hydrogens (tertiary/aromatic N) is 3. The van der Waals surface area contributed by atoms with E-state index in [1.165, 1.54) is 0 Å². The van der Waals surface area contributed by atoms with Crippen LogP contribution in [0.4, 0.5) is 5.82 Å². The summed E-state index contributed by atoms with van der Waals surface area (Å²) in [4.78, 5) is 11.3. The first-order valence-corrected chi connectivity index (χ1v) is 9.18. The summed E-state index contributed by atoms with van der Waals surface area (Å²) in [5.41, 5.74) is 8.01. The van der Waals surface area contributed by atoms with Crippen molar-refractivity contribution in [3.05, 3.63) is 33.6 Å². The van der Waals surface area contributed by atoms with E-state index < -0.39 is 0 Å². The number of hydrogen-bond acceptors (Lipinski definition) is 6. The fourth-order valence-electron chi connectivity index (χ4n) is 3.12. The largest absolute Gasteiger partial charge is 0.506 e. The van der Waals surface area contributed by atoms with Crippen molar-refractivity contribution in [1.29, 1.82) is 0 Å². The Morgan fingerprint density at radius 3 is 2.50 bits per heavy atom. The maximum absolute atomic E-state index is 10.3. The highest BCUT2D eigenvalue weighted by molar-refractivity contribution is 6.43. The quantitative estimate of drug-likeness (QED) is 0.736. The van der Waals surface area contributed by atoms with Crippen LogP contribution in [0.5, 0.6) is 5.75 Å². The Bertz CT molecular complexity index is 832. The van der Waals surface area contributed by atoms with Crippen molar-refractivity contribution >= 4 is 29.0 Å². The number of aliphatic hydroxyl groups excluding tert-OH is 1. The summed E-state index contributed by atoms with van der Waals surface area (Å²) in [5, 5.41) is 20.5. The molecule has 1 saturated heterocycles. The molecule has 26 heavy (non-hydrogen) atoms. The minimum absolute atomic E-state index is 0.0678. The minimum atomic E-state index is -0.256. The number of rotatable bonds is 3. The van der Waals surface area contributed by atoms with E-state index in [0.29, 0.717) is 28.5 Å². The molecule has 0 unspecified atom stereocenters. The second kappa shape index (κ2) is 7.19. The number of aromatic hydroxyl groups is 1. The van der Waals surface area contributed by atoms with E-state index in [9.17, 15) is 10.2 Å². The Morgan fingerprint density at radius 1 is 1.23 bits per heavy atom. The van der Waals surface area contributed by atoms with Crippen molar-refractivity contribution in [2.75, 3.05) is 18.0 Å². The zero-order valence-electron chi connectivity index (χ0n) is 14.8. The number of benzene rings is 1. The Labute approximate surface area is 162 Å². The molecule has 1 aliphatic rings. The predicted octanol–water partition coefficient (Wildman–Crippen LogP) is 3.27. The van der Waals surface area contributed by atoms with Crippen molar-refractivity contribution < 1.29 is 10.2 Å². The zero-order valence-corrected chi connectivity index (χ0v) is 16.3. The number of nitrogens with two attached hydrogens (primary N) is 1. The molecule has 0 radical (unpaired) electrons. The van der Waals surface area contributed by atoms with Gasteiger partial charge in [-0.15, -0.1) is 0 Å². The van der Waals surface area contributed by atoms with Crippen LogP contribution in [0.1, 0.15) is 31.2 Å². The molecule has 3 rings (SSSR count). The Hall–Kier alpha value is -1.60. The summed E-state index contributed by atoms with van der Waals surface area (Å²) < 4.78 is 0. The number of piperidine rings is 1. The molecule has 4 N–H and O–H groups in total. The van der Waals surface area contributed by atoms with Gasteiger partial charge in [-0.3, -0.25) is 0 Å². The summed E-state index contributed by atoms with van der Waals surface area (Å²) in [5.74, 6) is 0.508. The number of anilines is 1. The third-order valence-corrected chi connectivity index (χ3v) is 5.59. The van der Waals surface area contributed by atoms with Gasteiger partial charge in [-0.2, -0.15) is 0 Å². The summed E-state index contributed by atoms with van der Waals surface area (Å²) >= 11 is 12.0. The van der Waals surface area contributed by atoms with E-state index >= 15 is 0 Å². The predicted molar refractivity (Wildman–Crippen MR) is 104 cm³/mol. The molecule has 0 amide bonds. The van der Waals surface area contributed by atoms with Crippen LogP contribution < -0.4 is 10.6 Å². The fraction of sp³-hybridized carbons (Fsp3) is 0.444. The second-order valence-corrected chi connectivity index (χ2v) is 7.77. The van der Waals surface area contributed by atoms with E-state index in [-0.39, 0.29) is 27.9 Å². The molecule has 2 aromatic rings. The van der Waals surface area contributed by atoms with E-state index in [2.05, 4.69) is 14.9 Å². The number of halogens is 2. The number of hydrogen-bond donors (Lipinski definition) is 3. The Balaban J connectivity index is 2.02. The molecule has 1 aromatic carbocycles. The van der Waals surface area contributed by atoms with Crippen LogP contribution in [0.15, 0.2) is 12.1 Å². The average molecular weight is 397 g/mol. The van der Waals surface area contributed by atoms with Crippen molar-refractivity contribution in [1.82, 2.24) is 9.97 Å². The van der Waals surface area contributed by atoms with Crippen LogP contribution in [0.3, 0.4) is 0 Å². The Kier molecular flexibility index (Phi) is 5.30. The SMILES string of the molecule is Cc1nc(N2CCC(C)(N)CC2)c(CO)nc1-c1ccc(Cl)c(Cl)c1O. The van der Waals surface area contributed by atoms with Crippen LogP contribution in [-0.2, 0) is 6.61 Å². The van der Waals surface area contributed by atoms with E-state index in [1.54, 1.807) is 12.1 Å². The van der Waals surface area contributed by atoms with Crippen LogP contribution in [0, 0.1) is 6.92 Å². The average Bonchev–Trinajstić information content (AvgIpc) is 2.60. The lowest BCUT2D eigenvalue weighted by Gasteiger charge is -2.38. The number of aromatic nitrogens is 2. The number of aryl methyl sites for hydroxylation is 1. The molecular weight excluding hydrogens is 375 g/mol. The molecule has 1 fully saturated rings. The molecule has 6 nitrogen and oxygen atoms in total. The number of phenolic OH excluding ortho intramolecular Hbond substituents is 1. The molecule has 0 saturated carbocycles. The smallest absolute Gasteiger partial charge is 0.153 e. The highest BCUT2D eigenvalue weighted by atomic mass is 35.5. The third-order valence-electron chi connectivity index (χ3n) is 4.80. The molecule has 0 atom stereocenters. The lowest BCUT2D eigenvalue weighted by molar-refractivity contribution is 0.275. The van der Waals surface area contributed by atoms with Gasteiger partial charge in [-0.1, -0.05) is 23.2 Å². The molecule has 2 heterocycles. The minimum Gasteiger partial charge on any atom is -0.506 e. The molecule has 0 aliphatic carbocycles. The highest BCUT2D eigenvalue weighted by Crippen LogP contribution is 2.40. The normalized spacial score (nSPS) is 16.8. The molecule has 8 heteroatoms. The Morgan fingerprint density at radius 2 is 1.88 bits per heavy atom. The second-order valence-electron chi connectivity index (χ2n) is 6.98. The van der Waals surface area contributed by atoms with Crippen LogP contribution in [0.2, 0.25) is 10.0 Å². The summed E-state index contributed by atoms with van der Waals surface area (Å²) in [6.07, 6.45) is 1.68. The first-order valence-electron chi connectivity index (χ1n) is 8.43. The standard InChI is InChI=1S/C18H22Cl2N4O2/c1-10-15(11-3-4-12(19)14(20)16(11)26)23-13(9-25)17(22-10)24-7-5-18(2,21)6-8-24/h3-4,25-26H,5-9,21H2,1-2H3. The van der Waals surface area contributed by atoms with Crippen LogP contribution >= 0.6 is 23.2 Å². The first-order chi connectivity index (χ1) is 12.2. The van der Waals surface area contributed by atoms with Gasteiger partial charge in [-0.05, 0) is 38.8 Å². The molecule has 0 bridgehead atoms. The van der Waals surface area contributed by atoms with Crippen molar-refractivity contribution in [3.63, 3.8) is 0 Å². The molecule has 0 spiro atoms.